The van der Waals surface area contributed by atoms with Gasteiger partial charge < -0.3 is 35.9 Å². The van der Waals surface area contributed by atoms with E-state index in [0.717, 1.165) is 22.6 Å². The van der Waals surface area contributed by atoms with Gasteiger partial charge >= 0.3 is 11.9 Å². The fourth-order valence-electron chi connectivity index (χ4n) is 2.96. The fourth-order valence-corrected chi connectivity index (χ4v) is 2.96. The lowest BCUT2D eigenvalue weighted by atomic mass is 10.1. The van der Waals surface area contributed by atoms with E-state index in [4.69, 9.17) is 20.0 Å². The first-order valence-corrected chi connectivity index (χ1v) is 11.2. The van der Waals surface area contributed by atoms with Crippen LogP contribution in [-0.4, -0.2) is 68.3 Å². The molecule has 0 fully saturated rings. The average molecular weight is 504 g/mol. The Labute approximate surface area is 208 Å². The lowest BCUT2D eigenvalue weighted by molar-refractivity contribution is -0.126. The van der Waals surface area contributed by atoms with E-state index in [2.05, 4.69) is 21.2 Å². The van der Waals surface area contributed by atoms with Gasteiger partial charge in [-0.2, -0.15) is 0 Å². The largest absolute Gasteiger partial charge is 0.465 e. The predicted octanol–water partition coefficient (Wildman–Crippen LogP) is 1.08. The number of ether oxygens (including phenoxy) is 1. The van der Waals surface area contributed by atoms with Gasteiger partial charge in [0.25, 0.3) is 0 Å². The summed E-state index contributed by atoms with van der Waals surface area (Å²) in [6, 6.07) is 9.32. The van der Waals surface area contributed by atoms with Crippen LogP contribution in [0.3, 0.4) is 0 Å². The Balaban J connectivity index is 0.000000434. The number of amides is 3. The molecule has 6 N–H and O–H groups in total. The Morgan fingerprint density at radius 1 is 1.25 bits per heavy atom. The van der Waals surface area contributed by atoms with Crippen molar-refractivity contribution in [3.05, 3.63) is 53.7 Å². The van der Waals surface area contributed by atoms with E-state index >= 15 is 0 Å². The van der Waals surface area contributed by atoms with Gasteiger partial charge in [0.2, 0.25) is 11.8 Å². The second-order valence-electron chi connectivity index (χ2n) is 8.61. The molecule has 0 unspecified atom stereocenters. The van der Waals surface area contributed by atoms with Gasteiger partial charge in [0.1, 0.15) is 18.8 Å². The van der Waals surface area contributed by atoms with Gasteiger partial charge in [0, 0.05) is 7.05 Å². The number of aromatic nitrogens is 3. The Kier molecular flexibility index (Phi) is 9.93. The fraction of sp³-hybridized carbons (Fsp3) is 0.435. The molecule has 0 radical (unpaired) electrons. The average Bonchev–Trinajstić information content (AvgIpc) is 3.40. The first-order chi connectivity index (χ1) is 16.9. The zero-order valence-corrected chi connectivity index (χ0v) is 20.8. The number of aryl methyl sites for hydroxylation is 1. The molecule has 1 atom stereocenters. The summed E-state index contributed by atoms with van der Waals surface area (Å²) in [5.74, 6) is -0.00793. The molecule has 0 aliphatic rings. The highest BCUT2D eigenvalue weighted by atomic mass is 16.5. The smallest absolute Gasteiger partial charge is 0.407 e. The van der Waals surface area contributed by atoms with Gasteiger partial charge in [0.15, 0.2) is 5.82 Å². The van der Waals surface area contributed by atoms with E-state index in [-0.39, 0.29) is 19.1 Å². The Hall–Kier alpha value is -3.97. The highest BCUT2D eigenvalue weighted by Crippen LogP contribution is 2.19. The number of carbonyl (C=O) groups is 3. The molecular weight excluding hydrogens is 470 g/mol. The molecule has 3 aromatic rings. The molecule has 0 saturated heterocycles. The highest BCUT2D eigenvalue weighted by Gasteiger charge is 2.29. The SMILES string of the molecule is CCc1coc2nnc([C@@H](COCc3ccccc3)NC(=O)C(C)(C)N)n12.CN(CC(N)=O)C(=O)O. The molecule has 2 aromatic heterocycles. The second-order valence-corrected chi connectivity index (χ2v) is 8.61. The maximum absolute atomic E-state index is 12.5. The number of nitrogens with two attached hydrogens (primary N) is 2. The first-order valence-electron chi connectivity index (χ1n) is 11.2. The molecule has 3 rings (SSSR count). The summed E-state index contributed by atoms with van der Waals surface area (Å²) in [5, 5.41) is 19.3. The maximum atomic E-state index is 12.5. The van der Waals surface area contributed by atoms with Crippen molar-refractivity contribution in [2.45, 2.75) is 45.4 Å². The molecular formula is C23H33N7O6. The molecule has 0 aliphatic carbocycles. The van der Waals surface area contributed by atoms with Crippen LogP contribution in [0, 0.1) is 0 Å². The van der Waals surface area contributed by atoms with Gasteiger partial charge in [-0.15, -0.1) is 5.10 Å². The summed E-state index contributed by atoms with van der Waals surface area (Å²) in [6.45, 7) is 5.71. The minimum absolute atomic E-state index is 0.228. The topological polar surface area (TPSA) is 191 Å². The van der Waals surface area contributed by atoms with Crippen LogP contribution in [0.1, 0.15) is 43.9 Å². The number of fused-ring (bicyclic) bond motifs is 1. The lowest BCUT2D eigenvalue weighted by Gasteiger charge is -2.23. The third-order valence-electron chi connectivity index (χ3n) is 4.93. The molecule has 196 valence electrons. The highest BCUT2D eigenvalue weighted by molar-refractivity contribution is 5.85. The minimum atomic E-state index is -1.16. The van der Waals surface area contributed by atoms with Crippen molar-refractivity contribution in [1.29, 1.82) is 0 Å². The van der Waals surface area contributed by atoms with Crippen LogP contribution < -0.4 is 16.8 Å². The van der Waals surface area contributed by atoms with Crippen LogP contribution in [0.2, 0.25) is 0 Å². The van der Waals surface area contributed by atoms with Crippen molar-refractivity contribution >= 4 is 23.8 Å². The third kappa shape index (κ3) is 8.06. The van der Waals surface area contributed by atoms with Gasteiger partial charge in [-0.3, -0.25) is 9.59 Å². The summed E-state index contributed by atoms with van der Waals surface area (Å²) >= 11 is 0. The Bertz CT molecular complexity index is 1150. The van der Waals surface area contributed by atoms with Crippen LogP contribution in [-0.2, 0) is 27.4 Å². The molecule has 13 nitrogen and oxygen atoms in total. The summed E-state index contributed by atoms with van der Waals surface area (Å²) in [7, 11) is 1.27. The molecule has 0 aliphatic heterocycles. The third-order valence-corrected chi connectivity index (χ3v) is 4.93. The monoisotopic (exact) mass is 503 g/mol. The van der Waals surface area contributed by atoms with Crippen LogP contribution in [0.15, 0.2) is 41.0 Å². The van der Waals surface area contributed by atoms with Crippen molar-refractivity contribution in [2.75, 3.05) is 20.2 Å². The molecule has 0 spiro atoms. The Morgan fingerprint density at radius 2 is 1.92 bits per heavy atom. The number of rotatable bonds is 10. The van der Waals surface area contributed by atoms with Crippen molar-refractivity contribution in [3.8, 4) is 0 Å². The number of nitrogens with one attached hydrogen (secondary N) is 1. The van der Waals surface area contributed by atoms with Crippen LogP contribution in [0.4, 0.5) is 4.79 Å². The number of oxazole rings is 1. The molecule has 0 saturated carbocycles. The van der Waals surface area contributed by atoms with Crippen LogP contribution in [0.25, 0.3) is 5.84 Å². The second kappa shape index (κ2) is 12.7. The van der Waals surface area contributed by atoms with Gasteiger partial charge in [0.05, 0.1) is 24.4 Å². The molecule has 13 heteroatoms. The number of carbonyl (C=O) groups excluding carboxylic acids is 2. The zero-order chi connectivity index (χ0) is 26.9. The van der Waals surface area contributed by atoms with E-state index in [9.17, 15) is 14.4 Å². The number of nitrogens with zero attached hydrogens (tertiary/aromatic N) is 4. The normalized spacial score (nSPS) is 11.9. The molecule has 2 heterocycles. The standard InChI is InChI=1S/C19H25N5O3.C4H8N2O3/c1-4-14-11-27-18-23-22-16(24(14)18)15(21-17(25)19(2,3)20)12-26-10-13-8-6-5-7-9-13;1-6(4(8)9)2-3(5)7/h5-9,11,15H,4,10,12,20H2,1-3H3,(H,21,25);2H2,1H3,(H2,5,7)(H,8,9)/t15-;/m1./s1. The molecule has 3 amide bonds. The zero-order valence-electron chi connectivity index (χ0n) is 20.8. The maximum Gasteiger partial charge on any atom is 0.407 e. The summed E-state index contributed by atoms with van der Waals surface area (Å²) in [6.07, 6.45) is 1.23. The van der Waals surface area contributed by atoms with Crippen molar-refractivity contribution < 1.29 is 28.6 Å². The number of carboxylic acid groups (broad SMARTS) is 1. The first kappa shape index (κ1) is 28.3. The molecule has 1 aromatic carbocycles. The predicted molar refractivity (Wildman–Crippen MR) is 130 cm³/mol. The number of primary amides is 1. The summed E-state index contributed by atoms with van der Waals surface area (Å²) in [5.41, 5.74) is 11.6. The number of hydrogen-bond donors (Lipinski definition) is 4. The van der Waals surface area contributed by atoms with Gasteiger partial charge in [-0.25, -0.2) is 9.20 Å². The molecule has 36 heavy (non-hydrogen) atoms. The lowest BCUT2D eigenvalue weighted by Crippen LogP contribution is -2.51. The number of benzene rings is 1. The van der Waals surface area contributed by atoms with Crippen molar-refractivity contribution in [1.82, 2.24) is 24.8 Å². The van der Waals surface area contributed by atoms with Crippen LogP contribution >= 0.6 is 0 Å². The minimum Gasteiger partial charge on any atom is -0.465 e. The van der Waals surface area contributed by atoms with Crippen molar-refractivity contribution in [2.24, 2.45) is 11.5 Å². The van der Waals surface area contributed by atoms with E-state index in [1.807, 2.05) is 37.3 Å². The van der Waals surface area contributed by atoms with Gasteiger partial charge in [-0.1, -0.05) is 42.4 Å². The summed E-state index contributed by atoms with van der Waals surface area (Å²) < 4.78 is 13.1. The van der Waals surface area contributed by atoms with Crippen molar-refractivity contribution in [3.63, 3.8) is 0 Å². The van der Waals surface area contributed by atoms with E-state index in [1.54, 1.807) is 24.5 Å². The quantitative estimate of drug-likeness (QED) is 0.313. The van der Waals surface area contributed by atoms with E-state index in [0.29, 0.717) is 18.3 Å². The number of hydrogen-bond acceptors (Lipinski definition) is 8. The van der Waals surface area contributed by atoms with E-state index in [1.165, 1.54) is 7.05 Å². The van der Waals surface area contributed by atoms with Gasteiger partial charge in [-0.05, 0) is 25.8 Å². The molecule has 0 bridgehead atoms. The van der Waals surface area contributed by atoms with Crippen LogP contribution in [0.5, 0.6) is 0 Å². The van der Waals surface area contributed by atoms with E-state index < -0.39 is 23.6 Å². The Morgan fingerprint density at radius 3 is 2.44 bits per heavy atom. The number of likely N-dealkylation sites (N-methyl/N-ethyl adjacent to an activating group) is 1. The summed E-state index contributed by atoms with van der Waals surface area (Å²) in [4.78, 5) is 33.3.